The second kappa shape index (κ2) is 7.49. The Kier molecular flexibility index (Phi) is 5.64. The molecule has 1 amide bonds. The van der Waals surface area contributed by atoms with Gasteiger partial charge >= 0.3 is 5.97 Å². The van der Waals surface area contributed by atoms with Gasteiger partial charge in [-0.3, -0.25) is 9.59 Å². The molecule has 2 rings (SSSR count). The summed E-state index contributed by atoms with van der Waals surface area (Å²) in [7, 11) is 0. The van der Waals surface area contributed by atoms with E-state index >= 15 is 0 Å². The zero-order chi connectivity index (χ0) is 17.0. The zero-order valence-corrected chi connectivity index (χ0v) is 14.0. The van der Waals surface area contributed by atoms with Crippen LogP contribution in [0.3, 0.4) is 0 Å². The van der Waals surface area contributed by atoms with E-state index in [9.17, 15) is 9.59 Å². The predicted octanol–water partition coefficient (Wildman–Crippen LogP) is 2.86. The Morgan fingerprint density at radius 3 is 2.61 bits per heavy atom. The third kappa shape index (κ3) is 4.71. The van der Waals surface area contributed by atoms with Gasteiger partial charge in [0.25, 0.3) is 5.91 Å². The van der Waals surface area contributed by atoms with E-state index < -0.39 is 18.0 Å². The molecule has 1 aliphatic rings. The van der Waals surface area contributed by atoms with Crippen molar-refractivity contribution < 1.29 is 19.4 Å². The highest BCUT2D eigenvalue weighted by atomic mass is 16.5. The number of amides is 1. The number of carboxylic acids is 1. The molecule has 1 saturated carbocycles. The average molecular weight is 319 g/mol. The van der Waals surface area contributed by atoms with Crippen molar-refractivity contribution in [1.82, 2.24) is 4.90 Å². The fourth-order valence-electron chi connectivity index (χ4n) is 2.52. The summed E-state index contributed by atoms with van der Waals surface area (Å²) in [6.45, 7) is 5.75. The van der Waals surface area contributed by atoms with Crippen molar-refractivity contribution in [3.05, 3.63) is 29.8 Å². The molecule has 0 saturated heterocycles. The van der Waals surface area contributed by atoms with E-state index in [0.717, 1.165) is 18.4 Å². The first-order valence-electron chi connectivity index (χ1n) is 8.19. The molecule has 2 unspecified atom stereocenters. The lowest BCUT2D eigenvalue weighted by Crippen LogP contribution is -2.45. The number of carboxylic acid groups (broad SMARTS) is 1. The molecule has 1 fully saturated rings. The summed E-state index contributed by atoms with van der Waals surface area (Å²) in [6.07, 6.45) is 1.87. The van der Waals surface area contributed by atoms with Gasteiger partial charge in [-0.2, -0.15) is 0 Å². The fourth-order valence-corrected chi connectivity index (χ4v) is 2.52. The lowest BCUT2D eigenvalue weighted by atomic mass is 10.1. The number of aliphatic carboxylic acids is 1. The van der Waals surface area contributed by atoms with Crippen molar-refractivity contribution in [2.75, 3.05) is 6.54 Å². The Bertz CT molecular complexity index is 568. The van der Waals surface area contributed by atoms with Crippen LogP contribution >= 0.6 is 0 Å². The molecule has 126 valence electrons. The minimum atomic E-state index is -0.879. The van der Waals surface area contributed by atoms with Crippen LogP contribution in [-0.4, -0.2) is 40.6 Å². The van der Waals surface area contributed by atoms with Gasteiger partial charge in [-0.1, -0.05) is 26.0 Å². The van der Waals surface area contributed by atoms with Crippen LogP contribution in [0.25, 0.3) is 0 Å². The van der Waals surface area contributed by atoms with E-state index in [0.29, 0.717) is 12.2 Å². The van der Waals surface area contributed by atoms with E-state index in [1.54, 1.807) is 11.8 Å². The van der Waals surface area contributed by atoms with E-state index in [2.05, 4.69) is 0 Å². The molecule has 0 spiro atoms. The highest BCUT2D eigenvalue weighted by molar-refractivity contribution is 5.82. The van der Waals surface area contributed by atoms with Crippen LogP contribution in [0.15, 0.2) is 24.3 Å². The van der Waals surface area contributed by atoms with Crippen LogP contribution in [0.2, 0.25) is 0 Å². The quantitative estimate of drug-likeness (QED) is 0.800. The van der Waals surface area contributed by atoms with Crippen LogP contribution in [0.5, 0.6) is 5.75 Å². The van der Waals surface area contributed by atoms with Crippen LogP contribution in [0.1, 0.15) is 38.7 Å². The molecule has 2 atom stereocenters. The third-order valence-corrected chi connectivity index (χ3v) is 4.08. The van der Waals surface area contributed by atoms with Crippen molar-refractivity contribution in [3.8, 4) is 5.75 Å². The number of rotatable bonds is 8. The summed E-state index contributed by atoms with van der Waals surface area (Å²) in [4.78, 5) is 25.6. The van der Waals surface area contributed by atoms with Crippen LogP contribution in [0.4, 0.5) is 0 Å². The fraction of sp³-hybridized carbons (Fsp3) is 0.556. The first-order valence-corrected chi connectivity index (χ1v) is 8.19. The average Bonchev–Trinajstić information content (AvgIpc) is 3.34. The summed E-state index contributed by atoms with van der Waals surface area (Å²) in [6, 6.07) is 7.77. The Hall–Kier alpha value is -2.04. The van der Waals surface area contributed by atoms with E-state index in [1.807, 2.05) is 38.1 Å². The van der Waals surface area contributed by atoms with Gasteiger partial charge in [0, 0.05) is 12.6 Å². The number of benzene rings is 1. The van der Waals surface area contributed by atoms with Crippen LogP contribution < -0.4 is 4.74 Å². The Balaban J connectivity index is 2.08. The van der Waals surface area contributed by atoms with Gasteiger partial charge in [-0.05, 0) is 43.9 Å². The monoisotopic (exact) mass is 319 g/mol. The minimum absolute atomic E-state index is 0.107. The topological polar surface area (TPSA) is 66.8 Å². The summed E-state index contributed by atoms with van der Waals surface area (Å²) in [5.41, 5.74) is 1.07. The summed E-state index contributed by atoms with van der Waals surface area (Å²) in [5.74, 6) is -0.885. The molecule has 1 aromatic rings. The van der Waals surface area contributed by atoms with Gasteiger partial charge in [0.05, 0.1) is 5.92 Å². The van der Waals surface area contributed by atoms with Gasteiger partial charge < -0.3 is 14.7 Å². The van der Waals surface area contributed by atoms with Crippen molar-refractivity contribution in [1.29, 1.82) is 0 Å². The molecule has 23 heavy (non-hydrogen) atoms. The van der Waals surface area contributed by atoms with Crippen molar-refractivity contribution in [2.24, 2.45) is 5.92 Å². The second-order valence-corrected chi connectivity index (χ2v) is 6.29. The molecule has 0 aromatic heterocycles. The molecule has 5 heteroatoms. The molecule has 0 bridgehead atoms. The zero-order valence-electron chi connectivity index (χ0n) is 14.0. The lowest BCUT2D eigenvalue weighted by molar-refractivity contribution is -0.145. The number of carbonyl (C=O) groups excluding carboxylic acids is 1. The number of ether oxygens (including phenoxy) is 1. The molecule has 1 N–H and O–H groups in total. The van der Waals surface area contributed by atoms with Crippen molar-refractivity contribution in [2.45, 2.75) is 52.2 Å². The van der Waals surface area contributed by atoms with E-state index in [1.165, 1.54) is 0 Å². The molecule has 1 aromatic carbocycles. The van der Waals surface area contributed by atoms with Gasteiger partial charge in [0.1, 0.15) is 5.75 Å². The first kappa shape index (κ1) is 17.3. The molecule has 0 aliphatic heterocycles. The summed E-state index contributed by atoms with van der Waals surface area (Å²) < 4.78 is 5.87. The number of aryl methyl sites for hydroxylation is 1. The van der Waals surface area contributed by atoms with Crippen LogP contribution in [0, 0.1) is 12.8 Å². The molecule has 5 nitrogen and oxygen atoms in total. The number of hydrogen-bond donors (Lipinski definition) is 1. The van der Waals surface area contributed by atoms with Crippen molar-refractivity contribution >= 4 is 11.9 Å². The first-order chi connectivity index (χ1) is 10.9. The Morgan fingerprint density at radius 1 is 1.39 bits per heavy atom. The number of hydrogen-bond acceptors (Lipinski definition) is 3. The summed E-state index contributed by atoms with van der Waals surface area (Å²) in [5, 5.41) is 9.11. The maximum atomic E-state index is 12.8. The maximum absolute atomic E-state index is 12.8. The molecular weight excluding hydrogens is 294 g/mol. The smallest absolute Gasteiger partial charge is 0.308 e. The predicted molar refractivity (Wildman–Crippen MR) is 87.4 cm³/mol. The number of carbonyl (C=O) groups is 2. The minimum Gasteiger partial charge on any atom is -0.481 e. The van der Waals surface area contributed by atoms with Gasteiger partial charge in [0.15, 0.2) is 6.10 Å². The molecule has 1 aliphatic carbocycles. The molecule has 0 radical (unpaired) electrons. The lowest BCUT2D eigenvalue weighted by Gasteiger charge is -2.28. The van der Waals surface area contributed by atoms with E-state index in [-0.39, 0.29) is 18.5 Å². The van der Waals surface area contributed by atoms with Crippen molar-refractivity contribution in [3.63, 3.8) is 0 Å². The van der Waals surface area contributed by atoms with Gasteiger partial charge in [-0.15, -0.1) is 0 Å². The molecular formula is C18H25NO4. The Labute approximate surface area is 137 Å². The number of nitrogens with zero attached hydrogens (tertiary/aromatic N) is 1. The highest BCUT2D eigenvalue weighted by Gasteiger charge is 2.37. The highest BCUT2D eigenvalue weighted by Crippen LogP contribution is 2.29. The van der Waals surface area contributed by atoms with Crippen LogP contribution in [-0.2, 0) is 9.59 Å². The Morgan fingerprint density at radius 2 is 2.09 bits per heavy atom. The SMILES string of the molecule is CCC(Oc1cccc(C)c1)C(=O)N(CC(C)C(=O)O)C1CC1. The van der Waals surface area contributed by atoms with Gasteiger partial charge in [0.2, 0.25) is 0 Å². The second-order valence-electron chi connectivity index (χ2n) is 6.29. The normalized spacial score (nSPS) is 16.5. The third-order valence-electron chi connectivity index (χ3n) is 4.08. The largest absolute Gasteiger partial charge is 0.481 e. The standard InChI is InChI=1S/C18H25NO4/c1-4-16(23-15-7-5-6-12(2)10-15)17(20)19(14-8-9-14)11-13(3)18(21)22/h5-7,10,13-14,16H,4,8-9,11H2,1-3H3,(H,21,22). The summed E-state index contributed by atoms with van der Waals surface area (Å²) >= 11 is 0. The molecule has 0 heterocycles. The van der Waals surface area contributed by atoms with E-state index in [4.69, 9.17) is 9.84 Å². The van der Waals surface area contributed by atoms with Gasteiger partial charge in [-0.25, -0.2) is 0 Å². The maximum Gasteiger partial charge on any atom is 0.308 e.